The molecular weight excluding hydrogens is 484 g/mol. The number of hydrogen-bond acceptors (Lipinski definition) is 5. The van der Waals surface area contributed by atoms with Crippen LogP contribution in [0.5, 0.6) is 5.75 Å². The number of rotatable bonds is 7. The molecule has 1 heterocycles. The molecule has 4 aromatic rings. The number of anilines is 1. The van der Waals surface area contributed by atoms with Gasteiger partial charge in [0.1, 0.15) is 12.3 Å². The second-order valence-electron chi connectivity index (χ2n) is 7.94. The van der Waals surface area contributed by atoms with E-state index in [2.05, 4.69) is 10.6 Å². The lowest BCUT2D eigenvalue weighted by atomic mass is 10.1. The average Bonchev–Trinajstić information content (AvgIpc) is 2.87. The fourth-order valence-electron chi connectivity index (χ4n) is 3.85. The van der Waals surface area contributed by atoms with Gasteiger partial charge in [-0.15, -0.1) is 0 Å². The summed E-state index contributed by atoms with van der Waals surface area (Å²) in [5.41, 5.74) is 0.540. The lowest BCUT2D eigenvalue weighted by molar-refractivity contribution is -0.120. The van der Waals surface area contributed by atoms with Crippen LogP contribution in [-0.2, 0) is 22.6 Å². The highest BCUT2D eigenvalue weighted by atomic mass is 35.5. The molecule has 3 aromatic carbocycles. The predicted octanol–water partition coefficient (Wildman–Crippen LogP) is 2.74. The van der Waals surface area contributed by atoms with E-state index in [1.807, 2.05) is 0 Å². The Hall–Kier alpha value is -4.37. The number of nitrogens with one attached hydrogen (secondary N) is 2. The van der Waals surface area contributed by atoms with Crippen LogP contribution in [0.15, 0.2) is 76.3 Å². The molecule has 0 saturated heterocycles. The maximum Gasteiger partial charge on any atom is 0.336 e. The van der Waals surface area contributed by atoms with Gasteiger partial charge in [-0.25, -0.2) is 9.36 Å². The van der Waals surface area contributed by atoms with E-state index in [0.717, 1.165) is 10.1 Å². The number of ether oxygens (including phenoxy) is 1. The second-order valence-corrected chi connectivity index (χ2v) is 8.37. The summed E-state index contributed by atoms with van der Waals surface area (Å²) in [6, 6.07) is 17.9. The number of fused-ring (bicyclic) bond motifs is 1. The van der Waals surface area contributed by atoms with Crippen molar-refractivity contribution in [2.75, 3.05) is 19.5 Å². The van der Waals surface area contributed by atoms with Crippen molar-refractivity contribution in [3.05, 3.63) is 98.2 Å². The smallest absolute Gasteiger partial charge is 0.336 e. The largest absolute Gasteiger partial charge is 0.495 e. The van der Waals surface area contributed by atoms with Gasteiger partial charge in [0.05, 0.1) is 35.8 Å². The van der Waals surface area contributed by atoms with Crippen molar-refractivity contribution in [2.45, 2.75) is 13.0 Å². The maximum absolute atomic E-state index is 13.5. The first-order chi connectivity index (χ1) is 17.3. The Balaban J connectivity index is 1.76. The fraction of sp³-hybridized carbons (Fsp3) is 0.154. The van der Waals surface area contributed by atoms with Crippen LogP contribution >= 0.6 is 11.6 Å². The van der Waals surface area contributed by atoms with Crippen LogP contribution in [0.2, 0.25) is 5.02 Å². The van der Waals surface area contributed by atoms with E-state index in [1.54, 1.807) is 73.8 Å². The van der Waals surface area contributed by atoms with Crippen LogP contribution in [0, 0.1) is 0 Å². The van der Waals surface area contributed by atoms with E-state index in [4.69, 9.17) is 16.3 Å². The number of methoxy groups -OCH3 is 1. The fourth-order valence-corrected chi connectivity index (χ4v) is 4.02. The number of para-hydroxylation sites is 1. The number of carbonyl (C=O) groups is 2. The summed E-state index contributed by atoms with van der Waals surface area (Å²) in [6.45, 7) is -0.357. The van der Waals surface area contributed by atoms with Crippen LogP contribution in [0.25, 0.3) is 16.6 Å². The first-order valence-electron chi connectivity index (χ1n) is 11.0. The van der Waals surface area contributed by atoms with Gasteiger partial charge < -0.3 is 15.4 Å². The van der Waals surface area contributed by atoms with Crippen molar-refractivity contribution >= 4 is 40.0 Å². The van der Waals surface area contributed by atoms with E-state index >= 15 is 0 Å². The molecule has 0 fully saturated rings. The van der Waals surface area contributed by atoms with E-state index in [0.29, 0.717) is 27.7 Å². The monoisotopic (exact) mass is 506 g/mol. The highest BCUT2D eigenvalue weighted by Gasteiger charge is 2.17. The zero-order valence-electron chi connectivity index (χ0n) is 19.6. The van der Waals surface area contributed by atoms with Crippen LogP contribution in [0.1, 0.15) is 5.56 Å². The molecule has 0 aliphatic rings. The van der Waals surface area contributed by atoms with Crippen LogP contribution < -0.4 is 26.6 Å². The molecule has 2 N–H and O–H groups in total. The highest BCUT2D eigenvalue weighted by Crippen LogP contribution is 2.27. The number of hydrogen-bond donors (Lipinski definition) is 2. The minimum atomic E-state index is -0.675. The molecule has 0 radical (unpaired) electrons. The van der Waals surface area contributed by atoms with E-state index < -0.39 is 17.2 Å². The number of halogens is 1. The number of carbonyl (C=O) groups excluding carboxylic acids is 2. The van der Waals surface area contributed by atoms with Crippen LogP contribution in [0.4, 0.5) is 5.69 Å². The SMILES string of the molecule is CNC(=O)Cc1ccc(-n2c(=O)c3ccccc3n(CC(=O)Nc3cc(Cl)ccc3OC)c2=O)cc1. The Morgan fingerprint density at radius 1 is 0.972 bits per heavy atom. The second kappa shape index (κ2) is 10.5. The number of aromatic nitrogens is 2. The summed E-state index contributed by atoms with van der Waals surface area (Å²) in [6.07, 6.45) is 0.167. The summed E-state index contributed by atoms with van der Waals surface area (Å²) in [4.78, 5) is 51.4. The summed E-state index contributed by atoms with van der Waals surface area (Å²) in [7, 11) is 3.01. The Bertz CT molecular complexity index is 1570. The topological polar surface area (TPSA) is 111 Å². The third kappa shape index (κ3) is 5.01. The van der Waals surface area contributed by atoms with Crippen molar-refractivity contribution in [1.82, 2.24) is 14.5 Å². The van der Waals surface area contributed by atoms with Gasteiger partial charge in [-0.05, 0) is 48.0 Å². The molecule has 0 atom stereocenters. The zero-order chi connectivity index (χ0) is 25.8. The average molecular weight is 507 g/mol. The molecule has 0 aliphatic carbocycles. The molecule has 0 spiro atoms. The predicted molar refractivity (Wildman–Crippen MR) is 138 cm³/mol. The molecule has 0 unspecified atom stereocenters. The van der Waals surface area contributed by atoms with Gasteiger partial charge in [0, 0.05) is 12.1 Å². The number of likely N-dealkylation sites (N-methyl/N-ethyl adjacent to an activating group) is 1. The number of benzene rings is 3. The Morgan fingerprint density at radius 2 is 1.69 bits per heavy atom. The van der Waals surface area contributed by atoms with Crippen molar-refractivity contribution < 1.29 is 14.3 Å². The normalized spacial score (nSPS) is 10.8. The summed E-state index contributed by atoms with van der Waals surface area (Å²) >= 11 is 6.05. The molecule has 0 aliphatic heterocycles. The van der Waals surface area contributed by atoms with Crippen molar-refractivity contribution in [1.29, 1.82) is 0 Å². The molecule has 36 heavy (non-hydrogen) atoms. The molecule has 184 valence electrons. The van der Waals surface area contributed by atoms with Gasteiger partial charge in [-0.3, -0.25) is 19.0 Å². The minimum Gasteiger partial charge on any atom is -0.495 e. The van der Waals surface area contributed by atoms with Crippen molar-refractivity contribution in [2.24, 2.45) is 0 Å². The lowest BCUT2D eigenvalue weighted by Gasteiger charge is -2.15. The number of amides is 2. The van der Waals surface area contributed by atoms with Crippen molar-refractivity contribution in [3.8, 4) is 11.4 Å². The third-order valence-corrected chi connectivity index (χ3v) is 5.86. The Kier molecular flexibility index (Phi) is 7.21. The molecule has 1 aromatic heterocycles. The van der Waals surface area contributed by atoms with Gasteiger partial charge in [0.25, 0.3) is 5.56 Å². The van der Waals surface area contributed by atoms with Gasteiger partial charge >= 0.3 is 5.69 Å². The molecule has 4 rings (SSSR count). The first kappa shape index (κ1) is 24.7. The first-order valence-corrected chi connectivity index (χ1v) is 11.4. The number of nitrogens with zero attached hydrogens (tertiary/aromatic N) is 2. The van der Waals surface area contributed by atoms with E-state index in [9.17, 15) is 19.2 Å². The quantitative estimate of drug-likeness (QED) is 0.400. The standard InChI is InChI=1S/C26H23ClN4O5/c1-28-23(32)13-16-7-10-18(11-8-16)31-25(34)19-5-3-4-6-21(19)30(26(31)35)15-24(33)29-20-14-17(27)9-12-22(20)36-2/h3-12,14H,13,15H2,1-2H3,(H,28,32)(H,29,33). The third-order valence-electron chi connectivity index (χ3n) is 5.63. The zero-order valence-corrected chi connectivity index (χ0v) is 20.3. The van der Waals surface area contributed by atoms with E-state index in [1.165, 1.54) is 11.7 Å². The maximum atomic E-state index is 13.5. The highest BCUT2D eigenvalue weighted by molar-refractivity contribution is 6.31. The lowest BCUT2D eigenvalue weighted by Crippen LogP contribution is -2.40. The van der Waals surface area contributed by atoms with Gasteiger partial charge in [-0.1, -0.05) is 35.9 Å². The summed E-state index contributed by atoms with van der Waals surface area (Å²) in [5, 5.41) is 5.95. The van der Waals surface area contributed by atoms with Crippen molar-refractivity contribution in [3.63, 3.8) is 0 Å². The summed E-state index contributed by atoms with van der Waals surface area (Å²) < 4.78 is 7.52. The van der Waals surface area contributed by atoms with Gasteiger partial charge in [-0.2, -0.15) is 0 Å². The van der Waals surface area contributed by atoms with Crippen LogP contribution in [0.3, 0.4) is 0 Å². The minimum absolute atomic E-state index is 0.157. The molecule has 0 bridgehead atoms. The Labute approximate surface area is 210 Å². The van der Waals surface area contributed by atoms with Crippen LogP contribution in [-0.4, -0.2) is 35.1 Å². The molecular formula is C26H23ClN4O5. The molecule has 10 heteroatoms. The molecule has 0 saturated carbocycles. The Morgan fingerprint density at radius 3 is 2.39 bits per heavy atom. The molecule has 2 amide bonds. The van der Waals surface area contributed by atoms with Gasteiger partial charge in [0.15, 0.2) is 0 Å². The summed E-state index contributed by atoms with van der Waals surface area (Å²) in [5.74, 6) is -0.254. The van der Waals surface area contributed by atoms with E-state index in [-0.39, 0.29) is 24.3 Å². The molecule has 9 nitrogen and oxygen atoms in total. The van der Waals surface area contributed by atoms with Gasteiger partial charge in [0.2, 0.25) is 11.8 Å².